The van der Waals surface area contributed by atoms with Gasteiger partial charge in [-0.05, 0) is 17.7 Å². The van der Waals surface area contributed by atoms with Crippen LogP contribution in [0.25, 0.3) is 0 Å². The quantitative estimate of drug-likeness (QED) is 0.626. The summed E-state index contributed by atoms with van der Waals surface area (Å²) < 4.78 is 15.9. The Hall–Kier alpha value is -3.02. The highest BCUT2D eigenvalue weighted by Gasteiger charge is 2.14. The fraction of sp³-hybridized carbons (Fsp3) is 0.222. The molecule has 0 aliphatic heterocycles. The van der Waals surface area contributed by atoms with Gasteiger partial charge in [0.25, 0.3) is 0 Å². The predicted octanol–water partition coefficient (Wildman–Crippen LogP) is 2.41. The summed E-state index contributed by atoms with van der Waals surface area (Å²) in [5.74, 6) is 1.31. The van der Waals surface area contributed by atoms with Crippen LogP contribution in [0.5, 0.6) is 17.2 Å². The molecular weight excluding hydrogens is 308 g/mol. The van der Waals surface area contributed by atoms with Crippen molar-refractivity contribution in [3.63, 3.8) is 0 Å². The maximum atomic E-state index is 11.9. The van der Waals surface area contributed by atoms with Gasteiger partial charge in [0.1, 0.15) is 0 Å². The molecule has 126 valence electrons. The van der Waals surface area contributed by atoms with Gasteiger partial charge >= 0.3 is 0 Å². The number of benzene rings is 2. The number of amides is 1. The van der Waals surface area contributed by atoms with E-state index in [9.17, 15) is 4.79 Å². The third kappa shape index (κ3) is 4.25. The van der Waals surface area contributed by atoms with Gasteiger partial charge in [-0.15, -0.1) is 0 Å². The zero-order valence-electron chi connectivity index (χ0n) is 13.9. The highest BCUT2D eigenvalue weighted by atomic mass is 16.5. The molecule has 2 rings (SSSR count). The van der Waals surface area contributed by atoms with Crippen LogP contribution in [0.4, 0.5) is 0 Å². The van der Waals surface area contributed by atoms with Crippen LogP contribution in [0.3, 0.4) is 0 Å². The minimum Gasteiger partial charge on any atom is -0.493 e. The van der Waals surface area contributed by atoms with Crippen molar-refractivity contribution in [3.8, 4) is 17.2 Å². The van der Waals surface area contributed by atoms with Gasteiger partial charge in [-0.25, -0.2) is 5.43 Å². The average Bonchev–Trinajstić information content (AvgIpc) is 2.61. The van der Waals surface area contributed by atoms with Crippen LogP contribution in [0.1, 0.15) is 11.1 Å². The second kappa shape index (κ2) is 8.57. The zero-order chi connectivity index (χ0) is 17.4. The minimum absolute atomic E-state index is 0.197. The van der Waals surface area contributed by atoms with Crippen molar-refractivity contribution in [3.05, 3.63) is 53.6 Å². The van der Waals surface area contributed by atoms with Crippen molar-refractivity contribution in [1.29, 1.82) is 0 Å². The Morgan fingerprint density at radius 1 is 1.00 bits per heavy atom. The summed E-state index contributed by atoms with van der Waals surface area (Å²) in [6.45, 7) is 0. The van der Waals surface area contributed by atoms with Crippen LogP contribution < -0.4 is 19.6 Å². The van der Waals surface area contributed by atoms with Crippen LogP contribution >= 0.6 is 0 Å². The molecule has 1 amide bonds. The Morgan fingerprint density at radius 2 is 1.71 bits per heavy atom. The Kier molecular flexibility index (Phi) is 6.19. The van der Waals surface area contributed by atoms with Gasteiger partial charge in [-0.2, -0.15) is 5.10 Å². The van der Waals surface area contributed by atoms with Crippen molar-refractivity contribution in [2.45, 2.75) is 6.42 Å². The van der Waals surface area contributed by atoms with Crippen LogP contribution in [-0.4, -0.2) is 33.5 Å². The van der Waals surface area contributed by atoms with E-state index in [-0.39, 0.29) is 12.3 Å². The Morgan fingerprint density at radius 3 is 2.33 bits per heavy atom. The fourth-order valence-corrected chi connectivity index (χ4v) is 2.22. The van der Waals surface area contributed by atoms with E-state index in [0.717, 1.165) is 5.56 Å². The number of ether oxygens (including phenoxy) is 3. The van der Waals surface area contributed by atoms with E-state index >= 15 is 0 Å². The van der Waals surface area contributed by atoms with Gasteiger partial charge in [0.05, 0.1) is 34.0 Å². The lowest BCUT2D eigenvalue weighted by Crippen LogP contribution is -2.19. The standard InChI is InChI=1S/C18H20N2O4/c1-22-15-10-9-14(17(23-2)18(15)24-3)12-19-20-16(21)11-13-7-5-4-6-8-13/h4-10,12H,11H2,1-3H3,(H,20,21). The monoisotopic (exact) mass is 328 g/mol. The lowest BCUT2D eigenvalue weighted by molar-refractivity contribution is -0.120. The van der Waals surface area contributed by atoms with E-state index in [0.29, 0.717) is 22.8 Å². The molecule has 6 nitrogen and oxygen atoms in total. The van der Waals surface area contributed by atoms with Crippen molar-refractivity contribution in [1.82, 2.24) is 5.43 Å². The molecule has 0 aliphatic rings. The van der Waals surface area contributed by atoms with Crippen LogP contribution in [0, 0.1) is 0 Å². The van der Waals surface area contributed by atoms with E-state index < -0.39 is 0 Å². The third-order valence-corrected chi connectivity index (χ3v) is 3.34. The number of nitrogens with one attached hydrogen (secondary N) is 1. The van der Waals surface area contributed by atoms with Crippen LogP contribution in [0.2, 0.25) is 0 Å². The summed E-state index contributed by atoms with van der Waals surface area (Å²) in [4.78, 5) is 11.9. The largest absolute Gasteiger partial charge is 0.493 e. The molecule has 0 saturated heterocycles. The van der Waals surface area contributed by atoms with Crippen LogP contribution in [0.15, 0.2) is 47.6 Å². The zero-order valence-corrected chi connectivity index (χ0v) is 13.9. The maximum Gasteiger partial charge on any atom is 0.244 e. The molecule has 0 atom stereocenters. The number of methoxy groups -OCH3 is 3. The summed E-state index contributed by atoms with van der Waals surface area (Å²) in [7, 11) is 4.61. The topological polar surface area (TPSA) is 69.2 Å². The van der Waals surface area contributed by atoms with Gasteiger partial charge < -0.3 is 14.2 Å². The second-order valence-corrected chi connectivity index (χ2v) is 4.88. The molecule has 0 saturated carbocycles. The minimum atomic E-state index is -0.197. The molecule has 1 N–H and O–H groups in total. The molecule has 0 heterocycles. The molecule has 2 aromatic rings. The van der Waals surface area contributed by atoms with Crippen LogP contribution in [-0.2, 0) is 11.2 Å². The van der Waals surface area contributed by atoms with Gasteiger partial charge in [0, 0.05) is 5.56 Å². The van der Waals surface area contributed by atoms with E-state index in [1.165, 1.54) is 20.4 Å². The first-order chi connectivity index (χ1) is 11.7. The van der Waals surface area contributed by atoms with Crippen molar-refractivity contribution < 1.29 is 19.0 Å². The molecule has 0 spiro atoms. The smallest absolute Gasteiger partial charge is 0.244 e. The number of nitrogens with zero attached hydrogens (tertiary/aromatic N) is 1. The Labute approximate surface area is 141 Å². The maximum absolute atomic E-state index is 11.9. The van der Waals surface area contributed by atoms with Crippen molar-refractivity contribution >= 4 is 12.1 Å². The summed E-state index contributed by atoms with van der Waals surface area (Å²) in [5, 5.41) is 3.98. The molecule has 0 aliphatic carbocycles. The summed E-state index contributed by atoms with van der Waals surface area (Å²) in [6.07, 6.45) is 1.77. The number of rotatable bonds is 7. The Bertz CT molecular complexity index is 714. The van der Waals surface area contributed by atoms with E-state index in [1.807, 2.05) is 30.3 Å². The highest BCUT2D eigenvalue weighted by molar-refractivity contribution is 5.87. The van der Waals surface area contributed by atoms with Gasteiger partial charge in [-0.1, -0.05) is 30.3 Å². The molecule has 24 heavy (non-hydrogen) atoms. The number of carbonyl (C=O) groups excluding carboxylic acids is 1. The first-order valence-corrected chi connectivity index (χ1v) is 7.34. The van der Waals surface area contributed by atoms with Crippen molar-refractivity contribution in [2.75, 3.05) is 21.3 Å². The molecule has 6 heteroatoms. The molecule has 0 unspecified atom stereocenters. The molecule has 0 bridgehead atoms. The molecule has 0 radical (unpaired) electrons. The van der Waals surface area contributed by atoms with Crippen molar-refractivity contribution in [2.24, 2.45) is 5.10 Å². The number of carbonyl (C=O) groups is 1. The highest BCUT2D eigenvalue weighted by Crippen LogP contribution is 2.38. The molecule has 0 fully saturated rings. The average molecular weight is 328 g/mol. The summed E-state index contributed by atoms with van der Waals surface area (Å²) >= 11 is 0. The Balaban J connectivity index is 2.07. The van der Waals surface area contributed by atoms with E-state index in [4.69, 9.17) is 14.2 Å². The number of hydrogen-bond acceptors (Lipinski definition) is 5. The van der Waals surface area contributed by atoms with Gasteiger partial charge in [0.2, 0.25) is 11.7 Å². The van der Waals surface area contributed by atoms with Gasteiger partial charge in [0.15, 0.2) is 11.5 Å². The number of hydrazone groups is 1. The second-order valence-electron chi connectivity index (χ2n) is 4.88. The fourth-order valence-electron chi connectivity index (χ4n) is 2.22. The molecular formula is C18H20N2O4. The third-order valence-electron chi connectivity index (χ3n) is 3.34. The predicted molar refractivity (Wildman–Crippen MR) is 92.0 cm³/mol. The lowest BCUT2D eigenvalue weighted by atomic mass is 10.1. The SMILES string of the molecule is COc1ccc(C=NNC(=O)Cc2ccccc2)c(OC)c1OC. The lowest BCUT2D eigenvalue weighted by Gasteiger charge is -2.13. The summed E-state index contributed by atoms with van der Waals surface area (Å²) in [6, 6.07) is 13.0. The normalized spacial score (nSPS) is 10.5. The van der Waals surface area contributed by atoms with E-state index in [2.05, 4.69) is 10.5 Å². The summed E-state index contributed by atoms with van der Waals surface area (Å²) in [5.41, 5.74) is 4.09. The molecule has 2 aromatic carbocycles. The number of hydrogen-bond donors (Lipinski definition) is 1. The van der Waals surface area contributed by atoms with E-state index in [1.54, 1.807) is 19.2 Å². The first kappa shape index (κ1) is 17.3. The molecule has 0 aromatic heterocycles. The first-order valence-electron chi connectivity index (χ1n) is 7.34. The van der Waals surface area contributed by atoms with Gasteiger partial charge in [-0.3, -0.25) is 4.79 Å².